The first-order valence-corrected chi connectivity index (χ1v) is 9.93. The third-order valence-electron chi connectivity index (χ3n) is 4.51. The van der Waals surface area contributed by atoms with Gasteiger partial charge in [0.1, 0.15) is 5.60 Å². The van der Waals surface area contributed by atoms with E-state index in [0.29, 0.717) is 32.6 Å². The van der Waals surface area contributed by atoms with Crippen LogP contribution in [0.5, 0.6) is 0 Å². The van der Waals surface area contributed by atoms with Crippen molar-refractivity contribution < 1.29 is 14.3 Å². The van der Waals surface area contributed by atoms with E-state index in [1.165, 1.54) is 6.07 Å². The first-order chi connectivity index (χ1) is 13.3. The molecule has 2 N–H and O–H groups in total. The number of urea groups is 1. The molecule has 1 fully saturated rings. The predicted octanol–water partition coefficient (Wildman–Crippen LogP) is 2.33. The summed E-state index contributed by atoms with van der Waals surface area (Å²) in [5, 5.41) is 5.64. The summed E-state index contributed by atoms with van der Waals surface area (Å²) in [6.07, 6.45) is 4.88. The first-order valence-electron chi connectivity index (χ1n) is 9.93. The fourth-order valence-corrected chi connectivity index (χ4v) is 3.14. The summed E-state index contributed by atoms with van der Waals surface area (Å²) in [5.74, 6) is 0. The first kappa shape index (κ1) is 21.8. The summed E-state index contributed by atoms with van der Waals surface area (Å²) >= 11 is 0. The lowest BCUT2D eigenvalue weighted by atomic mass is 10.0. The Labute approximate surface area is 166 Å². The third-order valence-corrected chi connectivity index (χ3v) is 4.51. The number of likely N-dealkylation sites (tertiary alicyclic amines) is 1. The lowest BCUT2D eigenvalue weighted by Gasteiger charge is -2.36. The number of hydrogen-bond donors (Lipinski definition) is 2. The molecule has 8 heteroatoms. The van der Waals surface area contributed by atoms with Gasteiger partial charge in [0.25, 0.3) is 0 Å². The van der Waals surface area contributed by atoms with Crippen LogP contribution in [0.3, 0.4) is 0 Å². The maximum atomic E-state index is 12.4. The molecule has 0 aliphatic carbocycles. The SMILES string of the molecule is CC(C)(C)OC(=O)N1CCCCC1CNC(=O)NCCCn1ccccc1=O. The van der Waals surface area contributed by atoms with Gasteiger partial charge in [0.2, 0.25) is 5.56 Å². The lowest BCUT2D eigenvalue weighted by molar-refractivity contribution is 0.0102. The van der Waals surface area contributed by atoms with Crippen LogP contribution in [0.4, 0.5) is 9.59 Å². The average molecular weight is 393 g/mol. The van der Waals surface area contributed by atoms with E-state index in [-0.39, 0.29) is 23.7 Å². The van der Waals surface area contributed by atoms with Gasteiger partial charge in [0.05, 0.1) is 6.04 Å². The number of piperidine rings is 1. The molecule has 1 aromatic rings. The van der Waals surface area contributed by atoms with Gasteiger partial charge in [-0.15, -0.1) is 0 Å². The second kappa shape index (κ2) is 10.1. The van der Waals surface area contributed by atoms with Gasteiger partial charge in [-0.2, -0.15) is 0 Å². The maximum Gasteiger partial charge on any atom is 0.410 e. The highest BCUT2D eigenvalue weighted by Crippen LogP contribution is 2.20. The van der Waals surface area contributed by atoms with Gasteiger partial charge in [0, 0.05) is 38.4 Å². The van der Waals surface area contributed by atoms with Gasteiger partial charge >= 0.3 is 12.1 Å². The number of rotatable bonds is 6. The number of carbonyl (C=O) groups excluding carboxylic acids is 2. The van der Waals surface area contributed by atoms with Crippen LogP contribution in [0.1, 0.15) is 46.5 Å². The average Bonchev–Trinajstić information content (AvgIpc) is 2.63. The highest BCUT2D eigenvalue weighted by atomic mass is 16.6. The van der Waals surface area contributed by atoms with E-state index < -0.39 is 5.60 Å². The minimum atomic E-state index is -0.537. The molecule has 0 saturated carbocycles. The smallest absolute Gasteiger partial charge is 0.410 e. The van der Waals surface area contributed by atoms with Crippen molar-refractivity contribution in [2.75, 3.05) is 19.6 Å². The molecular formula is C20H32N4O4. The minimum absolute atomic E-state index is 0.0496. The predicted molar refractivity (Wildman–Crippen MR) is 107 cm³/mol. The van der Waals surface area contributed by atoms with Crippen molar-refractivity contribution in [2.45, 2.75) is 64.6 Å². The monoisotopic (exact) mass is 392 g/mol. The van der Waals surface area contributed by atoms with Crippen molar-refractivity contribution in [3.05, 3.63) is 34.7 Å². The molecule has 2 rings (SSSR count). The van der Waals surface area contributed by atoms with Crippen molar-refractivity contribution in [1.29, 1.82) is 0 Å². The number of hydrogen-bond acceptors (Lipinski definition) is 4. The fourth-order valence-electron chi connectivity index (χ4n) is 3.14. The molecule has 3 amide bonds. The molecule has 1 aliphatic heterocycles. The Balaban J connectivity index is 1.72. The van der Waals surface area contributed by atoms with Crippen molar-refractivity contribution >= 4 is 12.1 Å². The number of aryl methyl sites for hydroxylation is 1. The highest BCUT2D eigenvalue weighted by Gasteiger charge is 2.30. The Bertz CT molecular complexity index is 711. The normalized spacial score (nSPS) is 17.1. The molecule has 8 nitrogen and oxygen atoms in total. The second-order valence-electron chi connectivity index (χ2n) is 8.05. The van der Waals surface area contributed by atoms with E-state index in [0.717, 1.165) is 19.3 Å². The summed E-state index contributed by atoms with van der Waals surface area (Å²) in [6, 6.07) is 4.70. The summed E-state index contributed by atoms with van der Waals surface area (Å²) in [5.41, 5.74) is -0.587. The third kappa shape index (κ3) is 7.25. The number of nitrogens with one attached hydrogen (secondary N) is 2. The van der Waals surface area contributed by atoms with Gasteiger partial charge in [-0.25, -0.2) is 9.59 Å². The molecule has 28 heavy (non-hydrogen) atoms. The number of pyridine rings is 1. The number of nitrogens with zero attached hydrogens (tertiary/aromatic N) is 2. The number of ether oxygens (including phenoxy) is 1. The van der Waals surface area contributed by atoms with Crippen molar-refractivity contribution in [2.24, 2.45) is 0 Å². The number of amides is 3. The molecule has 0 aromatic carbocycles. The lowest BCUT2D eigenvalue weighted by Crippen LogP contribution is -2.52. The molecule has 0 bridgehead atoms. The van der Waals surface area contributed by atoms with Crippen molar-refractivity contribution in [1.82, 2.24) is 20.1 Å². The quantitative estimate of drug-likeness (QED) is 0.727. The van der Waals surface area contributed by atoms with Gasteiger partial charge < -0.3 is 24.8 Å². The molecule has 156 valence electrons. The number of aromatic nitrogens is 1. The van der Waals surface area contributed by atoms with Gasteiger partial charge in [-0.1, -0.05) is 6.07 Å². The molecule has 1 aliphatic rings. The van der Waals surface area contributed by atoms with E-state index in [1.54, 1.807) is 21.7 Å². The fraction of sp³-hybridized carbons (Fsp3) is 0.650. The summed E-state index contributed by atoms with van der Waals surface area (Å²) in [4.78, 5) is 37.8. The Morgan fingerprint density at radius 2 is 2.00 bits per heavy atom. The van der Waals surface area contributed by atoms with E-state index >= 15 is 0 Å². The van der Waals surface area contributed by atoms with Crippen LogP contribution in [-0.2, 0) is 11.3 Å². The Kier molecular flexibility index (Phi) is 7.90. The van der Waals surface area contributed by atoms with Gasteiger partial charge in [-0.3, -0.25) is 4.79 Å². The maximum absolute atomic E-state index is 12.4. The Morgan fingerprint density at radius 1 is 1.21 bits per heavy atom. The van der Waals surface area contributed by atoms with Crippen LogP contribution in [-0.4, -0.2) is 52.9 Å². The van der Waals surface area contributed by atoms with Crippen molar-refractivity contribution in [3.63, 3.8) is 0 Å². The van der Waals surface area contributed by atoms with Crippen LogP contribution >= 0.6 is 0 Å². The molecule has 2 heterocycles. The highest BCUT2D eigenvalue weighted by molar-refractivity contribution is 5.74. The molecule has 1 saturated heterocycles. The largest absolute Gasteiger partial charge is 0.444 e. The summed E-state index contributed by atoms with van der Waals surface area (Å²) < 4.78 is 7.09. The zero-order chi connectivity index (χ0) is 20.6. The van der Waals surface area contributed by atoms with Gasteiger partial charge in [-0.05, 0) is 52.5 Å². The zero-order valence-electron chi connectivity index (χ0n) is 17.1. The molecule has 1 aromatic heterocycles. The Hall–Kier alpha value is -2.51. The van der Waals surface area contributed by atoms with Crippen molar-refractivity contribution in [3.8, 4) is 0 Å². The van der Waals surface area contributed by atoms with Crippen LogP contribution in [0, 0.1) is 0 Å². The van der Waals surface area contributed by atoms with Crippen LogP contribution < -0.4 is 16.2 Å². The molecule has 0 spiro atoms. The van der Waals surface area contributed by atoms with E-state index in [1.807, 2.05) is 26.8 Å². The molecular weight excluding hydrogens is 360 g/mol. The summed E-state index contributed by atoms with van der Waals surface area (Å²) in [6.45, 7) is 7.60. The standard InChI is InChI=1S/C20H32N4O4/c1-20(2,3)28-19(27)24-14-7-4-9-16(24)15-22-18(26)21-11-8-13-23-12-6-5-10-17(23)25/h5-6,10,12,16H,4,7-9,11,13-15H2,1-3H3,(H2,21,22,26). The van der Waals surface area contributed by atoms with Crippen LogP contribution in [0.15, 0.2) is 29.2 Å². The topological polar surface area (TPSA) is 92.7 Å². The van der Waals surface area contributed by atoms with Crippen LogP contribution in [0.25, 0.3) is 0 Å². The van der Waals surface area contributed by atoms with Gasteiger partial charge in [0.15, 0.2) is 0 Å². The summed E-state index contributed by atoms with van der Waals surface area (Å²) in [7, 11) is 0. The molecule has 0 radical (unpaired) electrons. The van der Waals surface area contributed by atoms with Crippen LogP contribution in [0.2, 0.25) is 0 Å². The minimum Gasteiger partial charge on any atom is -0.444 e. The van der Waals surface area contributed by atoms with E-state index in [9.17, 15) is 14.4 Å². The van der Waals surface area contributed by atoms with E-state index in [2.05, 4.69) is 10.6 Å². The molecule has 1 atom stereocenters. The van der Waals surface area contributed by atoms with E-state index in [4.69, 9.17) is 4.74 Å². The number of carbonyl (C=O) groups is 2. The second-order valence-corrected chi connectivity index (χ2v) is 8.05. The zero-order valence-corrected chi connectivity index (χ0v) is 17.1. The molecule has 1 unspecified atom stereocenters. The Morgan fingerprint density at radius 3 is 2.71 bits per heavy atom.